The zero-order chi connectivity index (χ0) is 32.7. The van der Waals surface area contributed by atoms with E-state index in [4.69, 9.17) is 26.2 Å². The first-order chi connectivity index (χ1) is 22.6. The van der Waals surface area contributed by atoms with E-state index in [0.717, 1.165) is 70.8 Å². The van der Waals surface area contributed by atoms with Gasteiger partial charge in [0.05, 0.1) is 16.1 Å². The predicted molar refractivity (Wildman–Crippen MR) is 182 cm³/mol. The molecule has 1 fully saturated rings. The van der Waals surface area contributed by atoms with Crippen molar-refractivity contribution in [2.75, 3.05) is 18.4 Å². The lowest BCUT2D eigenvalue weighted by Crippen LogP contribution is -2.42. The van der Waals surface area contributed by atoms with Crippen LogP contribution in [0.3, 0.4) is 0 Å². The third kappa shape index (κ3) is 6.92. The number of nitrogens with zero attached hydrogens (tertiary/aromatic N) is 5. The van der Waals surface area contributed by atoms with Gasteiger partial charge in [0, 0.05) is 42.0 Å². The molecule has 244 valence electrons. The molecular formula is C35H36ClFN6O3S. The Bertz CT molecular complexity index is 1950. The average Bonchev–Trinajstić information content (AvgIpc) is 3.62. The minimum absolute atomic E-state index is 0.212. The largest absolute Gasteiger partial charge is 0.487 e. The molecule has 1 aliphatic carbocycles. The zero-order valence-electron chi connectivity index (χ0n) is 26.6. The lowest BCUT2D eigenvalue weighted by atomic mass is 9.95. The van der Waals surface area contributed by atoms with Crippen LogP contribution in [-0.4, -0.2) is 49.4 Å². The van der Waals surface area contributed by atoms with Crippen molar-refractivity contribution in [1.82, 2.24) is 24.6 Å². The van der Waals surface area contributed by atoms with Crippen molar-refractivity contribution >= 4 is 50.8 Å². The van der Waals surface area contributed by atoms with Crippen molar-refractivity contribution in [2.24, 2.45) is 5.92 Å². The maximum atomic E-state index is 13.5. The Morgan fingerprint density at radius 1 is 1.13 bits per heavy atom. The Hall–Kier alpha value is -4.22. The van der Waals surface area contributed by atoms with Gasteiger partial charge in [-0.2, -0.15) is 5.10 Å². The standard InChI is InChI=1S/C35H36ClFN6O3S/c1-35(2,3)46-34(44)42-13-11-21(12-14-42)17-43-18-26-28(41-43)9-8-25-30-32(38-20-39-33(30)47-31(25)26)40-24-7-10-29(27(36)16-24)45-19-22-5-4-6-23(37)15-22/h4-7,10,15-16,18,20-21H,8-9,11-14,17,19H2,1-3H3,(H,38,39,40). The molecule has 0 saturated carbocycles. The summed E-state index contributed by atoms with van der Waals surface area (Å²) in [6, 6.07) is 11.8. The van der Waals surface area contributed by atoms with E-state index in [-0.39, 0.29) is 18.5 Å². The number of aromatic nitrogens is 4. The zero-order valence-corrected chi connectivity index (χ0v) is 28.1. The van der Waals surface area contributed by atoms with Crippen molar-refractivity contribution < 1.29 is 18.7 Å². The molecule has 0 radical (unpaired) electrons. The number of rotatable bonds is 7. The highest BCUT2D eigenvalue weighted by atomic mass is 35.5. The second-order valence-corrected chi connectivity index (χ2v) is 14.5. The molecule has 2 aliphatic rings. The molecule has 1 saturated heterocycles. The Balaban J connectivity index is 1.04. The minimum Gasteiger partial charge on any atom is -0.487 e. The molecule has 5 aromatic rings. The van der Waals surface area contributed by atoms with E-state index in [1.807, 2.05) is 37.8 Å². The van der Waals surface area contributed by atoms with E-state index in [9.17, 15) is 9.18 Å². The number of nitrogens with one attached hydrogen (secondary N) is 1. The first kappa shape index (κ1) is 31.4. The van der Waals surface area contributed by atoms with Gasteiger partial charge >= 0.3 is 6.09 Å². The summed E-state index contributed by atoms with van der Waals surface area (Å²) in [5.41, 5.74) is 4.51. The molecule has 1 amide bonds. The number of anilines is 2. The maximum Gasteiger partial charge on any atom is 0.410 e. The number of aryl methyl sites for hydroxylation is 2. The Morgan fingerprint density at radius 2 is 1.96 bits per heavy atom. The summed E-state index contributed by atoms with van der Waals surface area (Å²) in [4.78, 5) is 25.6. The Labute approximate surface area is 281 Å². The number of hydrogen-bond donors (Lipinski definition) is 1. The predicted octanol–water partition coefficient (Wildman–Crippen LogP) is 8.42. The molecule has 7 rings (SSSR count). The Morgan fingerprint density at radius 3 is 2.72 bits per heavy atom. The topological polar surface area (TPSA) is 94.4 Å². The first-order valence-corrected chi connectivity index (χ1v) is 17.0. The molecule has 3 aromatic heterocycles. The summed E-state index contributed by atoms with van der Waals surface area (Å²) >= 11 is 8.25. The van der Waals surface area contributed by atoms with Gasteiger partial charge in [-0.1, -0.05) is 23.7 Å². The average molecular weight is 675 g/mol. The van der Waals surface area contributed by atoms with Crippen molar-refractivity contribution in [3.63, 3.8) is 0 Å². The van der Waals surface area contributed by atoms with Gasteiger partial charge in [-0.15, -0.1) is 11.3 Å². The van der Waals surface area contributed by atoms with Gasteiger partial charge in [0.1, 0.15) is 40.8 Å². The van der Waals surface area contributed by atoms with Crippen molar-refractivity contribution in [3.8, 4) is 16.2 Å². The number of halogens is 2. The number of hydrogen-bond acceptors (Lipinski definition) is 8. The van der Waals surface area contributed by atoms with Gasteiger partial charge in [-0.05, 0) is 93.8 Å². The first-order valence-electron chi connectivity index (χ1n) is 15.8. The van der Waals surface area contributed by atoms with Crippen molar-refractivity contribution in [3.05, 3.63) is 82.6 Å². The van der Waals surface area contributed by atoms with E-state index >= 15 is 0 Å². The summed E-state index contributed by atoms with van der Waals surface area (Å²) < 4.78 is 27.0. The highest BCUT2D eigenvalue weighted by Crippen LogP contribution is 2.45. The van der Waals surface area contributed by atoms with Crippen LogP contribution in [-0.2, 0) is 30.7 Å². The van der Waals surface area contributed by atoms with E-state index in [0.29, 0.717) is 29.8 Å². The molecule has 4 heterocycles. The minimum atomic E-state index is -0.488. The van der Waals surface area contributed by atoms with Crippen LogP contribution >= 0.6 is 22.9 Å². The van der Waals surface area contributed by atoms with Crippen LogP contribution in [0.5, 0.6) is 5.75 Å². The van der Waals surface area contributed by atoms with Crippen LogP contribution in [0, 0.1) is 11.7 Å². The third-order valence-corrected chi connectivity index (χ3v) is 9.94. The Kier molecular flexibility index (Phi) is 8.52. The summed E-state index contributed by atoms with van der Waals surface area (Å²) in [6.07, 6.45) is 7.06. The highest BCUT2D eigenvalue weighted by Gasteiger charge is 2.29. The summed E-state index contributed by atoms with van der Waals surface area (Å²) in [5.74, 6) is 1.39. The van der Waals surface area contributed by atoms with Gasteiger partial charge < -0.3 is 19.7 Å². The van der Waals surface area contributed by atoms with Crippen LogP contribution in [0.1, 0.15) is 50.4 Å². The number of fused-ring (bicyclic) bond motifs is 5. The van der Waals surface area contributed by atoms with Crippen LogP contribution in [0.4, 0.5) is 20.7 Å². The third-order valence-electron chi connectivity index (χ3n) is 8.47. The van der Waals surface area contributed by atoms with Crippen LogP contribution in [0.15, 0.2) is 55.0 Å². The number of thiophene rings is 1. The van der Waals surface area contributed by atoms with E-state index in [1.54, 1.807) is 35.9 Å². The van der Waals surface area contributed by atoms with Gasteiger partial charge in [0.25, 0.3) is 0 Å². The van der Waals surface area contributed by atoms with Crippen LogP contribution in [0.25, 0.3) is 20.7 Å². The molecular weight excluding hydrogens is 639 g/mol. The number of piperidine rings is 1. The number of carbonyl (C=O) groups is 1. The van der Waals surface area contributed by atoms with Gasteiger partial charge in [0.15, 0.2) is 0 Å². The fourth-order valence-corrected chi connectivity index (χ4v) is 7.68. The molecule has 47 heavy (non-hydrogen) atoms. The van der Waals surface area contributed by atoms with Crippen molar-refractivity contribution in [2.45, 2.75) is 65.2 Å². The van der Waals surface area contributed by atoms with E-state index in [2.05, 4.69) is 26.2 Å². The number of likely N-dealkylation sites (tertiary alicyclic amines) is 1. The number of ether oxygens (including phenoxy) is 2. The van der Waals surface area contributed by atoms with Crippen molar-refractivity contribution in [1.29, 1.82) is 0 Å². The quantitative estimate of drug-likeness (QED) is 0.185. The second-order valence-electron chi connectivity index (χ2n) is 13.1. The van der Waals surface area contributed by atoms with Gasteiger partial charge in [0.2, 0.25) is 0 Å². The SMILES string of the molecule is CC(C)(C)OC(=O)N1CCC(Cn2cc3c(n2)CCc2c-3sc3ncnc(Nc4ccc(OCc5cccc(F)c5)c(Cl)c4)c23)CC1. The number of benzene rings is 2. The molecule has 9 nitrogen and oxygen atoms in total. The molecule has 0 bridgehead atoms. The van der Waals surface area contributed by atoms with Gasteiger partial charge in [-0.3, -0.25) is 4.68 Å². The van der Waals surface area contributed by atoms with Crippen LogP contribution < -0.4 is 10.1 Å². The summed E-state index contributed by atoms with van der Waals surface area (Å²) in [7, 11) is 0. The molecule has 0 unspecified atom stereocenters. The lowest BCUT2D eigenvalue weighted by Gasteiger charge is -2.33. The smallest absolute Gasteiger partial charge is 0.410 e. The fourth-order valence-electron chi connectivity index (χ4n) is 6.22. The van der Waals surface area contributed by atoms with E-state index < -0.39 is 5.60 Å². The molecule has 1 N–H and O–H groups in total. The normalized spacial score (nSPS) is 15.0. The number of amides is 1. The molecule has 2 aromatic carbocycles. The lowest BCUT2D eigenvalue weighted by molar-refractivity contribution is 0.0177. The monoisotopic (exact) mass is 674 g/mol. The molecule has 1 aliphatic heterocycles. The van der Waals surface area contributed by atoms with E-state index in [1.165, 1.54) is 22.6 Å². The highest BCUT2D eigenvalue weighted by molar-refractivity contribution is 7.22. The number of carbonyl (C=O) groups excluding carboxylic acids is 1. The van der Waals surface area contributed by atoms with Crippen LogP contribution in [0.2, 0.25) is 5.02 Å². The summed E-state index contributed by atoms with van der Waals surface area (Å²) in [5, 5.41) is 9.89. The molecule has 0 atom stereocenters. The second kappa shape index (κ2) is 12.8. The summed E-state index contributed by atoms with van der Waals surface area (Å²) in [6.45, 7) is 8.13. The molecule has 12 heteroatoms. The maximum absolute atomic E-state index is 13.5. The molecule has 0 spiro atoms. The van der Waals surface area contributed by atoms with Gasteiger partial charge in [-0.25, -0.2) is 19.2 Å². The fraction of sp³-hybridized carbons (Fsp3) is 0.371.